The average molecular weight is 732 g/mol. The van der Waals surface area contributed by atoms with Gasteiger partial charge in [-0.15, -0.1) is 0 Å². The molecule has 2 aliphatic heterocycles. The molecule has 2 N–H and O–H groups in total. The van der Waals surface area contributed by atoms with Crippen LogP contribution in [0.15, 0.2) is 55.4 Å². The van der Waals surface area contributed by atoms with Crippen LogP contribution in [0.2, 0.25) is 0 Å². The number of fused-ring (bicyclic) bond motifs is 2. The number of carbonyl (C=O) groups is 2. The van der Waals surface area contributed by atoms with Crippen molar-refractivity contribution in [2.75, 3.05) is 76.4 Å². The van der Waals surface area contributed by atoms with Crippen LogP contribution < -0.4 is 19.3 Å². The maximum atomic E-state index is 13.5. The van der Waals surface area contributed by atoms with E-state index in [2.05, 4.69) is 45.8 Å². The van der Waals surface area contributed by atoms with Crippen LogP contribution in [-0.2, 0) is 4.79 Å². The third-order valence-corrected chi connectivity index (χ3v) is 11.3. The summed E-state index contributed by atoms with van der Waals surface area (Å²) in [6, 6.07) is 11.5. The summed E-state index contributed by atoms with van der Waals surface area (Å²) >= 11 is 0. The van der Waals surface area contributed by atoms with Gasteiger partial charge in [0.2, 0.25) is 5.91 Å². The lowest BCUT2D eigenvalue weighted by Crippen LogP contribution is -2.36. The Morgan fingerprint density at radius 2 is 1.33 bits per heavy atom. The molecule has 4 fully saturated rings. The molecule has 280 valence electrons. The van der Waals surface area contributed by atoms with E-state index in [1.165, 1.54) is 0 Å². The second-order valence-corrected chi connectivity index (χ2v) is 15.0. The number of carbonyl (C=O) groups excluding carboxylic acids is 2. The Hall–Kier alpha value is -5.91. The van der Waals surface area contributed by atoms with Gasteiger partial charge in [0.15, 0.2) is 11.5 Å². The first-order valence-corrected chi connectivity index (χ1v) is 18.6. The second kappa shape index (κ2) is 14.5. The molecule has 0 unspecified atom stereocenters. The van der Waals surface area contributed by atoms with Crippen LogP contribution in [-0.4, -0.2) is 118 Å². The van der Waals surface area contributed by atoms with Crippen LogP contribution in [0.1, 0.15) is 48.9 Å². The van der Waals surface area contributed by atoms with Crippen molar-refractivity contribution in [1.29, 1.82) is 5.26 Å². The standard InChI is InChI=1S/C22H25N5O3.C17H20N6O/c1-29-17-5-3-4-15(18(17)30-2)21(28)27-11-10-26(12-22(13-27)7-8-22)20-16-6-9-23-19(16)24-14-25-20;18-6-1-2-14(24)22-8-9-23(11-17(10-22)4-5-17)16-13-3-7-19-15(13)20-12-21-16/h3-6,9,14H,7-8,10-13H2,1-2H3,(H,23,24,25);3,7,12H,1-2,4-5,8-11H2,(H,19,20,21). The third kappa shape index (κ3) is 6.95. The highest BCUT2D eigenvalue weighted by molar-refractivity contribution is 5.98. The van der Waals surface area contributed by atoms with Gasteiger partial charge in [-0.05, 0) is 49.9 Å². The normalized spacial score (nSPS) is 18.5. The molecule has 4 aliphatic rings. The van der Waals surface area contributed by atoms with Crippen LogP contribution in [0.3, 0.4) is 0 Å². The average Bonchev–Trinajstić information content (AvgIpc) is 4.06. The molecule has 15 heteroatoms. The molecule has 0 atom stereocenters. The van der Waals surface area contributed by atoms with Crippen LogP contribution in [0.25, 0.3) is 22.1 Å². The van der Waals surface area contributed by atoms with Crippen molar-refractivity contribution in [2.45, 2.75) is 38.5 Å². The Morgan fingerprint density at radius 1 is 0.759 bits per heavy atom. The number of nitrogens with zero attached hydrogens (tertiary/aromatic N) is 9. The van der Waals surface area contributed by atoms with Gasteiger partial charge in [-0.1, -0.05) is 6.07 Å². The van der Waals surface area contributed by atoms with Crippen molar-refractivity contribution in [1.82, 2.24) is 39.7 Å². The highest BCUT2D eigenvalue weighted by Crippen LogP contribution is 2.50. The summed E-state index contributed by atoms with van der Waals surface area (Å²) in [5.41, 5.74) is 2.52. The molecular weight excluding hydrogens is 687 g/mol. The van der Waals surface area contributed by atoms with Crippen molar-refractivity contribution < 1.29 is 19.1 Å². The van der Waals surface area contributed by atoms with Gasteiger partial charge in [0.05, 0.1) is 36.6 Å². The lowest BCUT2D eigenvalue weighted by Gasteiger charge is -2.25. The quantitative estimate of drug-likeness (QED) is 0.243. The molecule has 2 spiro atoms. The van der Waals surface area contributed by atoms with E-state index in [1.807, 2.05) is 40.4 Å². The summed E-state index contributed by atoms with van der Waals surface area (Å²) < 4.78 is 10.9. The molecule has 5 aromatic rings. The molecule has 2 aliphatic carbocycles. The van der Waals surface area contributed by atoms with Crippen molar-refractivity contribution in [3.8, 4) is 17.6 Å². The monoisotopic (exact) mass is 731 g/mol. The predicted molar refractivity (Wildman–Crippen MR) is 202 cm³/mol. The number of nitrogens with one attached hydrogen (secondary N) is 2. The van der Waals surface area contributed by atoms with Gasteiger partial charge < -0.3 is 39.0 Å². The highest BCUT2D eigenvalue weighted by Gasteiger charge is 2.49. The van der Waals surface area contributed by atoms with Gasteiger partial charge >= 0.3 is 0 Å². The molecule has 2 amide bonds. The van der Waals surface area contributed by atoms with E-state index in [0.717, 1.165) is 98.7 Å². The van der Waals surface area contributed by atoms with E-state index in [1.54, 1.807) is 39.0 Å². The molecule has 4 aromatic heterocycles. The van der Waals surface area contributed by atoms with E-state index < -0.39 is 0 Å². The van der Waals surface area contributed by atoms with E-state index in [4.69, 9.17) is 14.7 Å². The Bertz CT molecular complexity index is 2200. The SMILES string of the molecule is COc1cccc(C(=O)N2CCN(c3ncnc4[nH]ccc34)CC3(CC3)C2)c1OC.N#CCCC(=O)N1CCN(c2ncnc3[nH]ccc23)CC2(CC2)C1. The Morgan fingerprint density at radius 3 is 1.87 bits per heavy atom. The van der Waals surface area contributed by atoms with E-state index in [0.29, 0.717) is 43.0 Å². The molecule has 0 bridgehead atoms. The number of aromatic nitrogens is 6. The highest BCUT2D eigenvalue weighted by atomic mass is 16.5. The molecule has 6 heterocycles. The summed E-state index contributed by atoms with van der Waals surface area (Å²) in [5, 5.41) is 10.8. The Kier molecular flexibility index (Phi) is 9.43. The van der Waals surface area contributed by atoms with Crippen LogP contribution in [0.4, 0.5) is 11.6 Å². The molecule has 2 saturated heterocycles. The zero-order valence-corrected chi connectivity index (χ0v) is 30.8. The third-order valence-electron chi connectivity index (χ3n) is 11.3. The Balaban J connectivity index is 0.000000157. The summed E-state index contributed by atoms with van der Waals surface area (Å²) in [6.07, 6.45) is 12.1. The maximum Gasteiger partial charge on any atom is 0.257 e. The number of aromatic amines is 2. The first kappa shape index (κ1) is 35.1. The molecule has 54 heavy (non-hydrogen) atoms. The first-order valence-electron chi connectivity index (χ1n) is 18.6. The fourth-order valence-electron chi connectivity index (χ4n) is 8.02. The molecule has 2 saturated carbocycles. The summed E-state index contributed by atoms with van der Waals surface area (Å²) in [4.78, 5) is 58.3. The minimum atomic E-state index is -0.0200. The van der Waals surface area contributed by atoms with E-state index >= 15 is 0 Å². The summed E-state index contributed by atoms with van der Waals surface area (Å²) in [5.74, 6) is 3.00. The number of ether oxygens (including phenoxy) is 2. The minimum absolute atomic E-state index is 0.0200. The lowest BCUT2D eigenvalue weighted by atomic mass is 10.1. The zero-order chi connectivity index (χ0) is 37.3. The van der Waals surface area contributed by atoms with Crippen molar-refractivity contribution in [2.24, 2.45) is 10.8 Å². The maximum absolute atomic E-state index is 13.5. The van der Waals surface area contributed by atoms with Crippen LogP contribution >= 0.6 is 0 Å². The molecule has 1 aromatic carbocycles. The van der Waals surface area contributed by atoms with Crippen molar-refractivity contribution in [3.63, 3.8) is 0 Å². The molecular formula is C39H45N11O4. The number of amides is 2. The molecule has 9 rings (SSSR count). The van der Waals surface area contributed by atoms with Gasteiger partial charge in [0, 0.05) is 88.4 Å². The number of benzene rings is 1. The largest absolute Gasteiger partial charge is 0.493 e. The number of H-pyrrole nitrogens is 2. The summed E-state index contributed by atoms with van der Waals surface area (Å²) in [7, 11) is 3.15. The number of para-hydroxylation sites is 1. The van der Waals surface area contributed by atoms with Crippen LogP contribution in [0, 0.1) is 22.2 Å². The summed E-state index contributed by atoms with van der Waals surface area (Å²) in [6.45, 7) is 6.14. The van der Waals surface area contributed by atoms with Gasteiger partial charge in [0.1, 0.15) is 35.6 Å². The van der Waals surface area contributed by atoms with E-state index in [-0.39, 0.29) is 22.6 Å². The fourth-order valence-corrected chi connectivity index (χ4v) is 8.02. The van der Waals surface area contributed by atoms with Crippen molar-refractivity contribution in [3.05, 3.63) is 60.9 Å². The number of methoxy groups -OCH3 is 2. The van der Waals surface area contributed by atoms with E-state index in [9.17, 15) is 9.59 Å². The Labute approximate surface area is 313 Å². The predicted octanol–water partition coefficient (Wildman–Crippen LogP) is 4.41. The first-order chi connectivity index (χ1) is 26.3. The zero-order valence-electron chi connectivity index (χ0n) is 30.8. The lowest BCUT2D eigenvalue weighted by molar-refractivity contribution is -0.131. The number of anilines is 2. The number of hydrogen-bond donors (Lipinski definition) is 2. The van der Waals surface area contributed by atoms with Gasteiger partial charge in [-0.3, -0.25) is 9.59 Å². The minimum Gasteiger partial charge on any atom is -0.493 e. The van der Waals surface area contributed by atoms with Crippen molar-refractivity contribution >= 4 is 45.5 Å². The number of nitriles is 1. The van der Waals surface area contributed by atoms with Gasteiger partial charge in [-0.25, -0.2) is 19.9 Å². The topological polar surface area (TPSA) is 172 Å². The number of rotatable bonds is 7. The fraction of sp³-hybridized carbons (Fsp3) is 0.462. The number of hydrogen-bond acceptors (Lipinski definition) is 11. The smallest absolute Gasteiger partial charge is 0.257 e. The van der Waals surface area contributed by atoms with Gasteiger partial charge in [-0.2, -0.15) is 5.26 Å². The van der Waals surface area contributed by atoms with Crippen LogP contribution in [0.5, 0.6) is 11.5 Å². The second-order valence-electron chi connectivity index (χ2n) is 15.0. The van der Waals surface area contributed by atoms with Gasteiger partial charge in [0.25, 0.3) is 5.91 Å². The molecule has 15 nitrogen and oxygen atoms in total. The molecule has 0 radical (unpaired) electrons.